The monoisotopic (exact) mass is 424 g/mol. The third-order valence-corrected chi connectivity index (χ3v) is 5.17. The highest BCUT2D eigenvalue weighted by Crippen LogP contribution is 2.39. The van der Waals surface area contributed by atoms with Crippen molar-refractivity contribution in [2.45, 2.75) is 13.0 Å². The topological polar surface area (TPSA) is 103 Å². The van der Waals surface area contributed by atoms with Crippen molar-refractivity contribution in [2.24, 2.45) is 0 Å². The number of hydrogen-bond donors (Lipinski definition) is 1. The number of anilines is 1. The van der Waals surface area contributed by atoms with Gasteiger partial charge in [0, 0.05) is 11.8 Å². The van der Waals surface area contributed by atoms with Crippen LogP contribution in [-0.2, 0) is 14.3 Å². The summed E-state index contributed by atoms with van der Waals surface area (Å²) in [5, 5.41) is 2.85. The molecule has 0 spiro atoms. The minimum absolute atomic E-state index is 0.108. The van der Waals surface area contributed by atoms with Gasteiger partial charge >= 0.3 is 18.0 Å². The third kappa shape index (κ3) is 3.54. The smallest absolute Gasteiger partial charge is 0.337 e. The van der Waals surface area contributed by atoms with Crippen molar-refractivity contribution in [1.29, 1.82) is 0 Å². The molecular weight excluding hydrogens is 404 g/mol. The van der Waals surface area contributed by atoms with E-state index in [0.717, 1.165) is 0 Å². The summed E-state index contributed by atoms with van der Waals surface area (Å²) in [6.07, 6.45) is 0. The molecule has 1 N–H and O–H groups in total. The van der Waals surface area contributed by atoms with Crippen molar-refractivity contribution in [3.63, 3.8) is 0 Å². The van der Waals surface area contributed by atoms with Crippen molar-refractivity contribution in [3.8, 4) is 11.5 Å². The molecule has 0 saturated heterocycles. The number of nitrogens with one attached hydrogen (secondary N) is 1. The number of urea groups is 1. The Labute approximate surface area is 178 Å². The molecule has 2 heterocycles. The summed E-state index contributed by atoms with van der Waals surface area (Å²) in [5.41, 5.74) is 2.17. The Hall–Kier alpha value is -4.01. The van der Waals surface area contributed by atoms with Gasteiger partial charge in [-0.2, -0.15) is 0 Å². The van der Waals surface area contributed by atoms with Crippen molar-refractivity contribution in [3.05, 3.63) is 64.9 Å². The maximum Gasteiger partial charge on any atom is 0.337 e. The zero-order chi connectivity index (χ0) is 22.1. The lowest BCUT2D eigenvalue weighted by Gasteiger charge is -2.35. The van der Waals surface area contributed by atoms with Crippen LogP contribution in [0.2, 0.25) is 0 Å². The van der Waals surface area contributed by atoms with Gasteiger partial charge in [0.1, 0.15) is 0 Å². The van der Waals surface area contributed by atoms with E-state index in [1.54, 1.807) is 49.4 Å². The van der Waals surface area contributed by atoms with E-state index in [1.165, 1.54) is 19.1 Å². The number of carbonyl (C=O) groups excluding carboxylic acids is 3. The highest BCUT2D eigenvalue weighted by atomic mass is 16.7. The molecule has 0 aliphatic carbocycles. The van der Waals surface area contributed by atoms with Gasteiger partial charge in [-0.25, -0.2) is 14.4 Å². The first-order valence-electron chi connectivity index (χ1n) is 9.42. The summed E-state index contributed by atoms with van der Waals surface area (Å²) in [5.74, 6) is 0.0382. The van der Waals surface area contributed by atoms with Crippen LogP contribution in [0.5, 0.6) is 11.5 Å². The van der Waals surface area contributed by atoms with Gasteiger partial charge in [-0.1, -0.05) is 12.1 Å². The van der Waals surface area contributed by atoms with Gasteiger partial charge in [-0.3, -0.25) is 4.90 Å². The average molecular weight is 424 g/mol. The van der Waals surface area contributed by atoms with E-state index < -0.39 is 24.0 Å². The number of ether oxygens (including phenoxy) is 4. The van der Waals surface area contributed by atoms with Crippen molar-refractivity contribution < 1.29 is 33.3 Å². The number of fused-ring (bicyclic) bond motifs is 1. The van der Waals surface area contributed by atoms with E-state index in [1.807, 2.05) is 0 Å². The van der Waals surface area contributed by atoms with E-state index in [2.05, 4.69) is 5.32 Å². The predicted octanol–water partition coefficient (Wildman–Crippen LogP) is 2.92. The molecule has 2 aliphatic heterocycles. The van der Waals surface area contributed by atoms with Crippen molar-refractivity contribution in [1.82, 2.24) is 5.32 Å². The molecular formula is C22H20N2O7. The largest absolute Gasteiger partial charge is 0.466 e. The number of hydrogen-bond acceptors (Lipinski definition) is 7. The second-order valence-corrected chi connectivity index (χ2v) is 6.86. The van der Waals surface area contributed by atoms with E-state index in [4.69, 9.17) is 18.9 Å². The summed E-state index contributed by atoms with van der Waals surface area (Å²) >= 11 is 0. The lowest BCUT2D eigenvalue weighted by atomic mass is 9.94. The minimum Gasteiger partial charge on any atom is -0.466 e. The van der Waals surface area contributed by atoms with Crippen LogP contribution in [0.3, 0.4) is 0 Å². The van der Waals surface area contributed by atoms with Gasteiger partial charge in [0.25, 0.3) is 0 Å². The molecule has 0 unspecified atom stereocenters. The molecule has 31 heavy (non-hydrogen) atoms. The fraction of sp³-hybridized carbons (Fsp3) is 0.227. The van der Waals surface area contributed by atoms with Crippen LogP contribution in [0.25, 0.3) is 0 Å². The Morgan fingerprint density at radius 1 is 1.00 bits per heavy atom. The quantitative estimate of drug-likeness (QED) is 0.753. The Morgan fingerprint density at radius 3 is 2.35 bits per heavy atom. The van der Waals surface area contributed by atoms with Gasteiger partial charge < -0.3 is 24.3 Å². The molecule has 2 amide bonds. The van der Waals surface area contributed by atoms with Crippen LogP contribution in [0.4, 0.5) is 10.5 Å². The summed E-state index contributed by atoms with van der Waals surface area (Å²) in [6, 6.07) is 10.4. The average Bonchev–Trinajstić information content (AvgIpc) is 3.26. The summed E-state index contributed by atoms with van der Waals surface area (Å²) in [7, 11) is 2.57. The number of rotatable bonds is 4. The number of allylic oxidation sites excluding steroid dienone is 1. The summed E-state index contributed by atoms with van der Waals surface area (Å²) in [6.45, 7) is 1.78. The van der Waals surface area contributed by atoms with Crippen LogP contribution >= 0.6 is 0 Å². The molecule has 160 valence electrons. The summed E-state index contributed by atoms with van der Waals surface area (Å²) in [4.78, 5) is 38.8. The predicted molar refractivity (Wildman–Crippen MR) is 109 cm³/mol. The molecule has 0 saturated carbocycles. The second kappa shape index (κ2) is 8.02. The van der Waals surface area contributed by atoms with Gasteiger partial charge in [0.15, 0.2) is 11.5 Å². The molecule has 4 rings (SSSR count). The SMILES string of the molecule is COC(=O)C1=C(C)N(c2ccc3c(c2)OCO3)C(=O)N[C@H]1c1ccc(C(=O)OC)cc1. The molecule has 2 aliphatic rings. The minimum atomic E-state index is -0.753. The number of benzene rings is 2. The zero-order valence-corrected chi connectivity index (χ0v) is 17.1. The van der Waals surface area contributed by atoms with Crippen LogP contribution in [-0.4, -0.2) is 39.0 Å². The van der Waals surface area contributed by atoms with Crippen molar-refractivity contribution >= 4 is 23.7 Å². The number of amides is 2. The number of methoxy groups -OCH3 is 2. The number of esters is 2. The second-order valence-electron chi connectivity index (χ2n) is 6.86. The van der Waals surface area contributed by atoms with Crippen LogP contribution in [0, 0.1) is 0 Å². The van der Waals surface area contributed by atoms with Gasteiger partial charge in [0.05, 0.1) is 37.1 Å². The lowest BCUT2D eigenvalue weighted by Crippen LogP contribution is -2.48. The number of nitrogens with zero attached hydrogens (tertiary/aromatic N) is 1. The van der Waals surface area contributed by atoms with E-state index in [0.29, 0.717) is 34.0 Å². The summed E-state index contributed by atoms with van der Waals surface area (Å²) < 4.78 is 20.4. The first-order valence-corrected chi connectivity index (χ1v) is 9.42. The van der Waals surface area contributed by atoms with Crippen LogP contribution in [0.1, 0.15) is 28.9 Å². The molecule has 0 bridgehead atoms. The molecule has 0 fully saturated rings. The Morgan fingerprint density at radius 2 is 1.68 bits per heavy atom. The van der Waals surface area contributed by atoms with Crippen LogP contribution in [0.15, 0.2) is 53.7 Å². The molecule has 0 radical (unpaired) electrons. The van der Waals surface area contributed by atoms with Gasteiger partial charge in [0.2, 0.25) is 6.79 Å². The standard InChI is InChI=1S/C22H20N2O7/c1-12-18(21(26)29-3)19(13-4-6-14(7-5-13)20(25)28-2)23-22(27)24(12)15-8-9-16-17(10-15)31-11-30-16/h4-10,19H,11H2,1-3H3,(H,23,27)/t19-/m0/s1. The molecule has 0 aromatic heterocycles. The first-order chi connectivity index (χ1) is 14.9. The highest BCUT2D eigenvalue weighted by molar-refractivity contribution is 6.03. The molecule has 9 nitrogen and oxygen atoms in total. The highest BCUT2D eigenvalue weighted by Gasteiger charge is 2.37. The van der Waals surface area contributed by atoms with E-state index in [9.17, 15) is 14.4 Å². The Balaban J connectivity index is 1.76. The molecule has 9 heteroatoms. The molecule has 2 aromatic carbocycles. The Bertz CT molecular complexity index is 1090. The van der Waals surface area contributed by atoms with Gasteiger partial charge in [-0.05, 0) is 36.8 Å². The first kappa shape index (κ1) is 20.3. The van der Waals surface area contributed by atoms with Crippen LogP contribution < -0.4 is 19.7 Å². The fourth-order valence-electron chi connectivity index (χ4n) is 3.63. The Kier molecular flexibility index (Phi) is 5.24. The number of carbonyl (C=O) groups is 3. The van der Waals surface area contributed by atoms with E-state index >= 15 is 0 Å². The van der Waals surface area contributed by atoms with E-state index in [-0.39, 0.29) is 12.4 Å². The molecule has 1 atom stereocenters. The van der Waals surface area contributed by atoms with Gasteiger partial charge in [-0.15, -0.1) is 0 Å². The fourth-order valence-corrected chi connectivity index (χ4v) is 3.63. The zero-order valence-electron chi connectivity index (χ0n) is 17.1. The normalized spacial score (nSPS) is 17.3. The maximum atomic E-state index is 13.0. The van der Waals surface area contributed by atoms with Crippen molar-refractivity contribution in [2.75, 3.05) is 25.9 Å². The lowest BCUT2D eigenvalue weighted by molar-refractivity contribution is -0.136. The molecule has 2 aromatic rings. The maximum absolute atomic E-state index is 13.0. The third-order valence-electron chi connectivity index (χ3n) is 5.17.